The number of ether oxygens (including phenoxy) is 1. The Morgan fingerprint density at radius 1 is 1.17 bits per heavy atom. The largest absolute Gasteiger partial charge is 0.497 e. The number of aryl methyl sites for hydroxylation is 1. The second-order valence-corrected chi connectivity index (χ2v) is 7.14. The molecule has 0 aliphatic heterocycles. The van der Waals surface area contributed by atoms with Gasteiger partial charge in [-0.15, -0.1) is 11.3 Å². The van der Waals surface area contributed by atoms with E-state index in [2.05, 4.69) is 25.4 Å². The van der Waals surface area contributed by atoms with E-state index in [0.29, 0.717) is 27.9 Å². The van der Waals surface area contributed by atoms with Gasteiger partial charge in [-0.1, -0.05) is 0 Å². The molecule has 1 aromatic carbocycles. The second kappa shape index (κ2) is 8.19. The summed E-state index contributed by atoms with van der Waals surface area (Å²) in [5.41, 5.74) is 2.32. The molecule has 0 saturated heterocycles. The topological polar surface area (TPSA) is 94.8 Å². The summed E-state index contributed by atoms with van der Waals surface area (Å²) in [5, 5.41) is 8.03. The van der Waals surface area contributed by atoms with Crippen LogP contribution in [0.25, 0.3) is 16.5 Å². The highest BCUT2D eigenvalue weighted by molar-refractivity contribution is 7.17. The number of benzene rings is 1. The second-order valence-electron chi connectivity index (χ2n) is 6.14. The summed E-state index contributed by atoms with van der Waals surface area (Å²) in [4.78, 5) is 25.9. The van der Waals surface area contributed by atoms with E-state index in [-0.39, 0.29) is 5.91 Å². The molecule has 0 spiro atoms. The number of methoxy groups -OCH3 is 1. The van der Waals surface area contributed by atoms with Crippen LogP contribution in [0.3, 0.4) is 0 Å². The average Bonchev–Trinajstić information content (AvgIpc) is 3.40. The molecule has 0 aliphatic carbocycles. The number of nitrogens with one attached hydrogen (secondary N) is 1. The molecule has 0 radical (unpaired) electrons. The SMILES string of the molecule is COc1ccc(-n2ccc(CNC(=O)c3sc(-c4ncccn4)nc3C)n2)cc1. The van der Waals surface area contributed by atoms with Gasteiger partial charge in [-0.3, -0.25) is 4.79 Å². The first-order valence-electron chi connectivity index (χ1n) is 8.86. The highest BCUT2D eigenvalue weighted by atomic mass is 32.1. The number of carbonyl (C=O) groups is 1. The van der Waals surface area contributed by atoms with Crippen molar-refractivity contribution in [3.63, 3.8) is 0 Å². The monoisotopic (exact) mass is 406 g/mol. The third-order valence-electron chi connectivity index (χ3n) is 4.17. The van der Waals surface area contributed by atoms with Crippen LogP contribution in [-0.4, -0.2) is 37.7 Å². The van der Waals surface area contributed by atoms with Gasteiger partial charge in [-0.05, 0) is 43.3 Å². The van der Waals surface area contributed by atoms with Crippen LogP contribution in [0.15, 0.2) is 55.0 Å². The fourth-order valence-electron chi connectivity index (χ4n) is 2.70. The highest BCUT2D eigenvalue weighted by Gasteiger charge is 2.17. The molecule has 3 heterocycles. The lowest BCUT2D eigenvalue weighted by molar-refractivity contribution is 0.0953. The van der Waals surface area contributed by atoms with Crippen LogP contribution in [0, 0.1) is 6.92 Å². The van der Waals surface area contributed by atoms with Gasteiger partial charge in [-0.25, -0.2) is 19.6 Å². The van der Waals surface area contributed by atoms with E-state index >= 15 is 0 Å². The molecular formula is C20H18N6O2S. The van der Waals surface area contributed by atoms with E-state index < -0.39 is 0 Å². The number of carbonyl (C=O) groups excluding carboxylic acids is 1. The van der Waals surface area contributed by atoms with Gasteiger partial charge in [0.15, 0.2) is 10.8 Å². The molecule has 0 atom stereocenters. The predicted molar refractivity (Wildman–Crippen MR) is 109 cm³/mol. The van der Waals surface area contributed by atoms with Gasteiger partial charge < -0.3 is 10.1 Å². The van der Waals surface area contributed by atoms with Gasteiger partial charge in [0.05, 0.1) is 30.7 Å². The lowest BCUT2D eigenvalue weighted by Crippen LogP contribution is -2.22. The van der Waals surface area contributed by atoms with E-state index in [4.69, 9.17) is 4.74 Å². The Morgan fingerprint density at radius 2 is 1.93 bits per heavy atom. The molecule has 8 nitrogen and oxygen atoms in total. The Hall–Kier alpha value is -3.59. The van der Waals surface area contributed by atoms with Crippen molar-refractivity contribution in [2.75, 3.05) is 7.11 Å². The number of aromatic nitrogens is 5. The minimum absolute atomic E-state index is 0.193. The quantitative estimate of drug-likeness (QED) is 0.529. The van der Waals surface area contributed by atoms with Crippen LogP contribution in [0.1, 0.15) is 21.1 Å². The summed E-state index contributed by atoms with van der Waals surface area (Å²) in [5.74, 6) is 1.10. The smallest absolute Gasteiger partial charge is 0.263 e. The zero-order chi connectivity index (χ0) is 20.2. The normalized spacial score (nSPS) is 10.7. The van der Waals surface area contributed by atoms with Crippen molar-refractivity contribution < 1.29 is 9.53 Å². The average molecular weight is 406 g/mol. The number of hydrogen-bond donors (Lipinski definition) is 1. The summed E-state index contributed by atoms with van der Waals surface area (Å²) >= 11 is 1.28. The Bertz CT molecular complexity index is 1120. The molecule has 4 rings (SSSR count). The first-order valence-corrected chi connectivity index (χ1v) is 9.67. The van der Waals surface area contributed by atoms with Crippen LogP contribution < -0.4 is 10.1 Å². The van der Waals surface area contributed by atoms with Gasteiger partial charge in [0.25, 0.3) is 5.91 Å². The summed E-state index contributed by atoms with van der Waals surface area (Å²) in [6, 6.07) is 11.2. The van der Waals surface area contributed by atoms with Gasteiger partial charge >= 0.3 is 0 Å². The van der Waals surface area contributed by atoms with Crippen LogP contribution >= 0.6 is 11.3 Å². The molecule has 0 saturated carbocycles. The zero-order valence-corrected chi connectivity index (χ0v) is 16.7. The zero-order valence-electron chi connectivity index (χ0n) is 15.9. The van der Waals surface area contributed by atoms with Crippen molar-refractivity contribution in [3.05, 3.63) is 71.3 Å². The van der Waals surface area contributed by atoms with Crippen molar-refractivity contribution >= 4 is 17.2 Å². The van der Waals surface area contributed by atoms with Gasteiger partial charge in [0.2, 0.25) is 0 Å². The Kier molecular flexibility index (Phi) is 5.30. The van der Waals surface area contributed by atoms with E-state index in [9.17, 15) is 4.79 Å². The minimum atomic E-state index is -0.193. The fourth-order valence-corrected chi connectivity index (χ4v) is 3.63. The lowest BCUT2D eigenvalue weighted by atomic mass is 10.3. The van der Waals surface area contributed by atoms with E-state index in [1.165, 1.54) is 11.3 Å². The number of thiazole rings is 1. The predicted octanol–water partition coefficient (Wildman–Crippen LogP) is 3.03. The van der Waals surface area contributed by atoms with Crippen molar-refractivity contribution in [1.82, 2.24) is 30.0 Å². The maximum atomic E-state index is 12.6. The van der Waals surface area contributed by atoms with Crippen LogP contribution in [-0.2, 0) is 6.54 Å². The Labute approximate surface area is 171 Å². The molecule has 0 fully saturated rings. The molecule has 146 valence electrons. The maximum Gasteiger partial charge on any atom is 0.263 e. The van der Waals surface area contributed by atoms with Gasteiger partial charge in [0.1, 0.15) is 10.6 Å². The third kappa shape index (κ3) is 4.14. The number of amides is 1. The molecule has 9 heteroatoms. The molecule has 1 N–H and O–H groups in total. The summed E-state index contributed by atoms with van der Waals surface area (Å²) in [7, 11) is 1.63. The lowest BCUT2D eigenvalue weighted by Gasteiger charge is -2.04. The van der Waals surface area contributed by atoms with E-state index in [0.717, 1.165) is 17.1 Å². The Balaban J connectivity index is 1.42. The van der Waals surface area contributed by atoms with Crippen LogP contribution in [0.2, 0.25) is 0 Å². The van der Waals surface area contributed by atoms with Crippen molar-refractivity contribution in [1.29, 1.82) is 0 Å². The van der Waals surface area contributed by atoms with Crippen molar-refractivity contribution in [2.45, 2.75) is 13.5 Å². The third-order valence-corrected chi connectivity index (χ3v) is 5.32. The van der Waals surface area contributed by atoms with Crippen molar-refractivity contribution in [2.24, 2.45) is 0 Å². The molecule has 3 aromatic heterocycles. The molecule has 4 aromatic rings. The number of hydrogen-bond acceptors (Lipinski definition) is 7. The van der Waals surface area contributed by atoms with E-state index in [1.807, 2.05) is 36.5 Å². The highest BCUT2D eigenvalue weighted by Crippen LogP contribution is 2.25. The standard InChI is InChI=1S/C20H18N6O2S/c1-13-17(29-20(24-13)18-21-9-3-10-22-18)19(27)23-12-14-8-11-26(25-14)15-4-6-16(28-2)7-5-15/h3-11H,12H2,1-2H3,(H,23,27). The van der Waals surface area contributed by atoms with Gasteiger partial charge in [-0.2, -0.15) is 5.10 Å². The number of rotatable bonds is 6. The molecule has 29 heavy (non-hydrogen) atoms. The molecule has 1 amide bonds. The number of nitrogens with zero attached hydrogens (tertiary/aromatic N) is 5. The first kappa shape index (κ1) is 18.8. The summed E-state index contributed by atoms with van der Waals surface area (Å²) in [6.45, 7) is 2.12. The minimum Gasteiger partial charge on any atom is -0.497 e. The van der Waals surface area contributed by atoms with E-state index in [1.54, 1.807) is 37.2 Å². The van der Waals surface area contributed by atoms with Crippen molar-refractivity contribution in [3.8, 4) is 22.3 Å². The Morgan fingerprint density at radius 3 is 2.66 bits per heavy atom. The van der Waals surface area contributed by atoms with Gasteiger partial charge in [0, 0.05) is 18.6 Å². The summed E-state index contributed by atoms with van der Waals surface area (Å²) in [6.07, 6.45) is 5.15. The molecular weight excluding hydrogens is 388 g/mol. The van der Waals surface area contributed by atoms with Crippen LogP contribution in [0.5, 0.6) is 5.75 Å². The molecule has 0 aliphatic rings. The fraction of sp³-hybridized carbons (Fsp3) is 0.150. The summed E-state index contributed by atoms with van der Waals surface area (Å²) < 4.78 is 6.92. The van der Waals surface area contributed by atoms with Crippen LogP contribution in [0.4, 0.5) is 0 Å². The molecule has 0 bridgehead atoms. The molecule has 0 unspecified atom stereocenters. The maximum absolute atomic E-state index is 12.6. The first-order chi connectivity index (χ1) is 14.1.